The Hall–Kier alpha value is -3.89. The lowest BCUT2D eigenvalue weighted by Crippen LogP contribution is -2.32. The highest BCUT2D eigenvalue weighted by Gasteiger charge is 2.29. The molecule has 3 aromatic rings. The van der Waals surface area contributed by atoms with E-state index in [1.54, 1.807) is 26.2 Å². The zero-order chi connectivity index (χ0) is 28.8. The van der Waals surface area contributed by atoms with Crippen LogP contribution in [0.1, 0.15) is 56.4 Å². The van der Waals surface area contributed by atoms with Crippen molar-refractivity contribution < 1.29 is 28.6 Å². The molecule has 11 heteroatoms. The van der Waals surface area contributed by atoms with Crippen molar-refractivity contribution in [3.63, 3.8) is 0 Å². The van der Waals surface area contributed by atoms with Crippen LogP contribution in [0.25, 0.3) is 0 Å². The van der Waals surface area contributed by atoms with Gasteiger partial charge in [-0.2, -0.15) is 5.10 Å². The smallest absolute Gasteiger partial charge is 0.341 e. The number of benzene rings is 2. The van der Waals surface area contributed by atoms with Crippen molar-refractivity contribution in [3.05, 3.63) is 73.6 Å². The number of carbonyl (C=O) groups excluding carboxylic acids is 3. The van der Waals surface area contributed by atoms with Crippen molar-refractivity contribution in [2.45, 2.75) is 46.6 Å². The Balaban J connectivity index is 1.39. The van der Waals surface area contributed by atoms with E-state index in [0.717, 1.165) is 46.4 Å². The van der Waals surface area contributed by atoms with Crippen LogP contribution in [-0.2, 0) is 33.8 Å². The molecule has 0 saturated carbocycles. The second-order valence-electron chi connectivity index (χ2n) is 9.17. The van der Waals surface area contributed by atoms with Gasteiger partial charge in [0.2, 0.25) is 0 Å². The first-order chi connectivity index (χ1) is 19.2. The number of ether oxygens (including phenoxy) is 3. The predicted octanol–water partition coefficient (Wildman–Crippen LogP) is 5.36. The summed E-state index contributed by atoms with van der Waals surface area (Å²) in [4.78, 5) is 38.5. The number of nitrogens with one attached hydrogen (secondary N) is 2. The Labute approximate surface area is 241 Å². The largest absolute Gasteiger partial charge is 0.496 e. The summed E-state index contributed by atoms with van der Waals surface area (Å²) < 4.78 is 16.6. The van der Waals surface area contributed by atoms with Gasteiger partial charge in [-0.1, -0.05) is 11.6 Å². The first kappa shape index (κ1) is 29.1. The molecule has 1 heterocycles. The molecule has 0 saturated heterocycles. The maximum Gasteiger partial charge on any atom is 0.341 e. The van der Waals surface area contributed by atoms with Gasteiger partial charge in [-0.05, 0) is 92.6 Å². The highest BCUT2D eigenvalue weighted by atomic mass is 35.5. The van der Waals surface area contributed by atoms with Crippen LogP contribution in [0.3, 0.4) is 0 Å². The van der Waals surface area contributed by atoms with Crippen LogP contribution >= 0.6 is 22.9 Å². The third-order valence-electron chi connectivity index (χ3n) is 6.32. The molecule has 0 spiro atoms. The van der Waals surface area contributed by atoms with Crippen LogP contribution in [0.5, 0.6) is 11.5 Å². The molecule has 2 aromatic carbocycles. The molecule has 1 aliphatic carbocycles. The van der Waals surface area contributed by atoms with Gasteiger partial charge in [-0.15, -0.1) is 11.3 Å². The van der Waals surface area contributed by atoms with Crippen molar-refractivity contribution in [1.29, 1.82) is 0 Å². The van der Waals surface area contributed by atoms with E-state index in [0.29, 0.717) is 32.6 Å². The molecule has 0 fully saturated rings. The molecule has 40 heavy (non-hydrogen) atoms. The van der Waals surface area contributed by atoms with E-state index >= 15 is 0 Å². The Morgan fingerprint density at radius 1 is 1.10 bits per heavy atom. The van der Waals surface area contributed by atoms with Crippen LogP contribution < -0.4 is 20.2 Å². The minimum absolute atomic E-state index is 0.214. The number of anilines is 1. The first-order valence-corrected chi connectivity index (χ1v) is 13.9. The third kappa shape index (κ3) is 6.63. The fourth-order valence-electron chi connectivity index (χ4n) is 4.43. The van der Waals surface area contributed by atoms with E-state index in [4.69, 9.17) is 25.8 Å². The van der Waals surface area contributed by atoms with Crippen molar-refractivity contribution in [2.24, 2.45) is 5.10 Å². The molecule has 0 radical (unpaired) electrons. The van der Waals surface area contributed by atoms with Gasteiger partial charge in [0.15, 0.2) is 0 Å². The van der Waals surface area contributed by atoms with E-state index in [1.807, 2.05) is 32.0 Å². The van der Waals surface area contributed by atoms with Crippen LogP contribution in [0.2, 0.25) is 5.02 Å². The summed E-state index contributed by atoms with van der Waals surface area (Å²) in [7, 11) is 1.57. The maximum absolute atomic E-state index is 12.6. The lowest BCUT2D eigenvalue weighted by molar-refractivity contribution is -0.136. The van der Waals surface area contributed by atoms with Gasteiger partial charge in [0, 0.05) is 15.5 Å². The number of esters is 1. The summed E-state index contributed by atoms with van der Waals surface area (Å²) in [6, 6.07) is 9.07. The summed E-state index contributed by atoms with van der Waals surface area (Å²) >= 11 is 7.55. The van der Waals surface area contributed by atoms with E-state index in [1.165, 1.54) is 17.6 Å². The van der Waals surface area contributed by atoms with E-state index in [2.05, 4.69) is 15.8 Å². The van der Waals surface area contributed by atoms with Crippen molar-refractivity contribution in [3.8, 4) is 11.5 Å². The topological polar surface area (TPSA) is 115 Å². The van der Waals surface area contributed by atoms with E-state index < -0.39 is 17.8 Å². The van der Waals surface area contributed by atoms with Gasteiger partial charge < -0.3 is 19.5 Å². The number of hydrogen-bond donors (Lipinski definition) is 2. The monoisotopic (exact) mass is 583 g/mol. The number of hydrogen-bond acceptors (Lipinski definition) is 8. The summed E-state index contributed by atoms with van der Waals surface area (Å²) in [5.41, 5.74) is 6.71. The fourth-order valence-corrected chi connectivity index (χ4v) is 5.81. The predicted molar refractivity (Wildman–Crippen MR) is 155 cm³/mol. The molecular weight excluding hydrogens is 554 g/mol. The molecule has 210 valence electrons. The Kier molecular flexibility index (Phi) is 9.44. The average molecular weight is 584 g/mol. The number of methoxy groups -OCH3 is 1. The normalized spacial score (nSPS) is 12.2. The number of amides is 2. The molecule has 0 atom stereocenters. The number of thiophene rings is 1. The Morgan fingerprint density at radius 2 is 1.85 bits per heavy atom. The van der Waals surface area contributed by atoms with Crippen molar-refractivity contribution in [1.82, 2.24) is 5.43 Å². The van der Waals surface area contributed by atoms with Gasteiger partial charge in [0.25, 0.3) is 0 Å². The van der Waals surface area contributed by atoms with Crippen molar-refractivity contribution in [2.75, 3.05) is 19.0 Å². The maximum atomic E-state index is 12.6. The molecule has 0 unspecified atom stereocenters. The number of aryl methyl sites for hydroxylation is 3. The fraction of sp³-hybridized carbons (Fsp3) is 0.310. The van der Waals surface area contributed by atoms with Crippen LogP contribution in [0.4, 0.5) is 5.00 Å². The zero-order valence-electron chi connectivity index (χ0n) is 22.7. The summed E-state index contributed by atoms with van der Waals surface area (Å²) in [5, 5.41) is 7.49. The molecule has 0 aliphatic heterocycles. The van der Waals surface area contributed by atoms with E-state index in [-0.39, 0.29) is 13.2 Å². The van der Waals surface area contributed by atoms with E-state index in [9.17, 15) is 14.4 Å². The second-order valence-corrected chi connectivity index (χ2v) is 10.6. The van der Waals surface area contributed by atoms with Crippen LogP contribution in [0, 0.1) is 13.8 Å². The summed E-state index contributed by atoms with van der Waals surface area (Å²) in [5.74, 6) is -1.09. The number of rotatable bonds is 9. The number of halogens is 1. The third-order valence-corrected chi connectivity index (χ3v) is 8.13. The Morgan fingerprint density at radius 3 is 2.55 bits per heavy atom. The minimum Gasteiger partial charge on any atom is -0.496 e. The number of carbonyl (C=O) groups is 3. The molecule has 1 aliphatic rings. The summed E-state index contributed by atoms with van der Waals surface area (Å²) in [6.07, 6.45) is 3.91. The molecule has 2 amide bonds. The highest BCUT2D eigenvalue weighted by molar-refractivity contribution is 7.17. The van der Waals surface area contributed by atoms with Crippen LogP contribution in [-0.4, -0.2) is 37.7 Å². The lowest BCUT2D eigenvalue weighted by atomic mass is 10.1. The van der Waals surface area contributed by atoms with Gasteiger partial charge >= 0.3 is 17.8 Å². The van der Waals surface area contributed by atoms with Crippen LogP contribution in [0.15, 0.2) is 35.4 Å². The Bertz CT molecular complexity index is 1460. The highest BCUT2D eigenvalue weighted by Crippen LogP contribution is 2.39. The minimum atomic E-state index is -0.967. The molecular formula is C29H30ClN3O6S. The molecule has 2 N–H and O–H groups in total. The summed E-state index contributed by atoms with van der Waals surface area (Å²) in [6.45, 7) is 5.99. The average Bonchev–Trinajstić information content (AvgIpc) is 3.51. The number of fused-ring (bicyclic) bond motifs is 1. The second kappa shape index (κ2) is 13.0. The number of hydrazone groups is 1. The van der Waals surface area contributed by atoms with Gasteiger partial charge in [-0.3, -0.25) is 9.59 Å². The van der Waals surface area contributed by atoms with Crippen molar-refractivity contribution >= 4 is 51.9 Å². The molecule has 0 bridgehead atoms. The van der Waals surface area contributed by atoms with Gasteiger partial charge in [0.05, 0.1) is 25.5 Å². The number of nitrogens with zero attached hydrogens (tertiary/aromatic N) is 1. The lowest BCUT2D eigenvalue weighted by Gasteiger charge is -2.13. The van der Waals surface area contributed by atoms with Gasteiger partial charge in [-0.25, -0.2) is 10.2 Å². The molecule has 4 rings (SSSR count). The first-order valence-electron chi connectivity index (χ1n) is 12.7. The molecule has 1 aromatic heterocycles. The molecule has 9 nitrogen and oxygen atoms in total. The standard InChI is InChI=1S/C29H30ClN3O6S/c1-5-38-29(36)24-21-7-6-8-23(21)40-28(24)32-26(34)27(35)33-31-14-18-9-10-22(37-4)19(13-18)15-39-20-11-16(2)25(30)17(3)12-20/h9-14H,5-8,15H2,1-4H3,(H,32,34)(H,33,35)/b31-14+. The zero-order valence-corrected chi connectivity index (χ0v) is 24.3. The SMILES string of the molecule is CCOC(=O)c1c(NC(=O)C(=O)N/N=C/c2ccc(OC)c(COc3cc(C)c(Cl)c(C)c3)c2)sc2c1CCC2. The quantitative estimate of drug-likeness (QED) is 0.152. The van der Waals surface area contributed by atoms with Gasteiger partial charge in [0.1, 0.15) is 23.1 Å².